The highest BCUT2D eigenvalue weighted by Gasteiger charge is 2.08. The van der Waals surface area contributed by atoms with E-state index < -0.39 is 0 Å². The summed E-state index contributed by atoms with van der Waals surface area (Å²) in [6, 6.07) is 8.20. The van der Waals surface area contributed by atoms with Crippen LogP contribution < -0.4 is 14.9 Å². The van der Waals surface area contributed by atoms with E-state index >= 15 is 0 Å². The number of phenolic OH excluding ortho intramolecular Hbond substituents is 1. The molecule has 2 rings (SSSR count). The second-order valence-electron chi connectivity index (χ2n) is 5.37. The Kier molecular flexibility index (Phi) is 8.22. The molecule has 0 aliphatic carbocycles. The van der Waals surface area contributed by atoms with Gasteiger partial charge in [-0.3, -0.25) is 4.79 Å². The number of methoxy groups -OCH3 is 1. The Hall–Kier alpha value is -1.96. The molecule has 0 aliphatic rings. The van der Waals surface area contributed by atoms with Gasteiger partial charge in [-0.25, -0.2) is 5.43 Å². The zero-order valence-corrected chi connectivity index (χ0v) is 17.4. The summed E-state index contributed by atoms with van der Waals surface area (Å²) < 4.78 is 11.0. The Bertz CT molecular complexity index is 846. The lowest BCUT2D eigenvalue weighted by Crippen LogP contribution is -2.18. The number of rotatable bonds is 8. The van der Waals surface area contributed by atoms with Crippen LogP contribution in [0.15, 0.2) is 39.9 Å². The zero-order chi connectivity index (χ0) is 19.8. The van der Waals surface area contributed by atoms with Crippen LogP contribution in [-0.4, -0.2) is 30.9 Å². The van der Waals surface area contributed by atoms with Crippen molar-refractivity contribution in [3.05, 3.63) is 50.4 Å². The molecule has 1 amide bonds. The fourth-order valence-electron chi connectivity index (χ4n) is 2.07. The molecule has 2 aromatic rings. The maximum atomic E-state index is 11.8. The first kappa shape index (κ1) is 21.3. The van der Waals surface area contributed by atoms with Gasteiger partial charge in [0.05, 0.1) is 29.4 Å². The quantitative estimate of drug-likeness (QED) is 0.327. The first-order valence-electron chi connectivity index (χ1n) is 7.87. The highest BCUT2D eigenvalue weighted by molar-refractivity contribution is 9.10. The molecule has 0 aromatic heterocycles. The van der Waals surface area contributed by atoms with Gasteiger partial charge in [0.1, 0.15) is 5.75 Å². The fourth-order valence-corrected chi connectivity index (χ4v) is 2.99. The van der Waals surface area contributed by atoms with E-state index in [0.29, 0.717) is 44.6 Å². The summed E-state index contributed by atoms with van der Waals surface area (Å²) in [4.78, 5) is 11.8. The number of hydrogen-bond donors (Lipinski definition) is 2. The minimum absolute atomic E-state index is 0.000485. The van der Waals surface area contributed by atoms with Gasteiger partial charge in [0.25, 0.3) is 0 Å². The number of nitrogens with one attached hydrogen (secondary N) is 1. The van der Waals surface area contributed by atoms with Crippen molar-refractivity contribution in [2.24, 2.45) is 5.10 Å². The molecule has 0 aliphatic heterocycles. The van der Waals surface area contributed by atoms with Gasteiger partial charge in [0, 0.05) is 11.4 Å². The Labute approximate surface area is 175 Å². The molecule has 144 valence electrons. The molecule has 2 aromatic carbocycles. The third kappa shape index (κ3) is 6.61. The van der Waals surface area contributed by atoms with Crippen LogP contribution in [0.4, 0.5) is 0 Å². The van der Waals surface area contributed by atoms with Gasteiger partial charge in [0.2, 0.25) is 5.91 Å². The molecule has 6 nitrogen and oxygen atoms in total. The van der Waals surface area contributed by atoms with Gasteiger partial charge < -0.3 is 14.6 Å². The number of carbonyl (C=O) groups is 1. The van der Waals surface area contributed by atoms with Crippen molar-refractivity contribution in [2.45, 2.75) is 12.8 Å². The van der Waals surface area contributed by atoms with Crippen molar-refractivity contribution in [3.8, 4) is 17.2 Å². The zero-order valence-electron chi connectivity index (χ0n) is 14.3. The van der Waals surface area contributed by atoms with Gasteiger partial charge in [-0.05, 0) is 58.2 Å². The van der Waals surface area contributed by atoms with E-state index in [1.165, 1.54) is 13.3 Å². The minimum Gasteiger partial charge on any atom is -0.503 e. The highest BCUT2D eigenvalue weighted by atomic mass is 79.9. The lowest BCUT2D eigenvalue weighted by atomic mass is 10.2. The van der Waals surface area contributed by atoms with Crippen molar-refractivity contribution in [1.29, 1.82) is 0 Å². The third-order valence-corrected chi connectivity index (χ3v) is 4.51. The van der Waals surface area contributed by atoms with E-state index in [2.05, 4.69) is 26.5 Å². The summed E-state index contributed by atoms with van der Waals surface area (Å²) >= 11 is 15.0. The number of amides is 1. The average molecular weight is 476 g/mol. The second-order valence-corrected chi connectivity index (χ2v) is 7.07. The number of nitrogens with zero attached hydrogens (tertiary/aromatic N) is 1. The smallest absolute Gasteiger partial charge is 0.240 e. The summed E-state index contributed by atoms with van der Waals surface area (Å²) in [5.41, 5.74) is 3.08. The van der Waals surface area contributed by atoms with Crippen LogP contribution >= 0.6 is 39.1 Å². The largest absolute Gasteiger partial charge is 0.503 e. The molecular formula is C18H17BrCl2N2O4. The number of phenols is 1. The minimum atomic E-state index is -0.248. The number of aromatic hydroxyl groups is 1. The third-order valence-electron chi connectivity index (χ3n) is 3.37. The van der Waals surface area contributed by atoms with Crippen molar-refractivity contribution < 1.29 is 19.4 Å². The topological polar surface area (TPSA) is 80.2 Å². The van der Waals surface area contributed by atoms with Crippen molar-refractivity contribution >= 4 is 51.3 Å². The molecule has 9 heteroatoms. The molecule has 0 saturated carbocycles. The van der Waals surface area contributed by atoms with Gasteiger partial charge in [-0.15, -0.1) is 0 Å². The van der Waals surface area contributed by atoms with E-state index in [9.17, 15) is 9.90 Å². The normalized spacial score (nSPS) is 10.8. The summed E-state index contributed by atoms with van der Waals surface area (Å²) in [7, 11) is 1.45. The van der Waals surface area contributed by atoms with Crippen molar-refractivity contribution in [1.82, 2.24) is 5.43 Å². The molecule has 0 bridgehead atoms. The van der Waals surface area contributed by atoms with Crippen LogP contribution in [0.3, 0.4) is 0 Å². The standard InChI is InChI=1S/C18H17BrCl2N2O4/c1-26-16-8-11(7-13(19)18(16)25)10-22-23-17(24)3-2-6-27-15-5-4-12(20)9-14(15)21/h4-5,7-10,25H,2-3,6H2,1H3,(H,23,24)/b22-10+. The summed E-state index contributed by atoms with van der Waals surface area (Å²) in [5, 5.41) is 14.6. The number of carbonyl (C=O) groups excluding carboxylic acids is 1. The molecule has 27 heavy (non-hydrogen) atoms. The number of halogens is 3. The molecule has 0 heterocycles. The lowest BCUT2D eigenvalue weighted by Gasteiger charge is -2.08. The first-order valence-corrected chi connectivity index (χ1v) is 9.42. The van der Waals surface area contributed by atoms with Crippen molar-refractivity contribution in [2.75, 3.05) is 13.7 Å². The number of benzene rings is 2. The summed E-state index contributed by atoms with van der Waals surface area (Å²) in [6.07, 6.45) is 2.19. The van der Waals surface area contributed by atoms with Crippen molar-refractivity contribution in [3.63, 3.8) is 0 Å². The van der Waals surface area contributed by atoms with Gasteiger partial charge in [-0.2, -0.15) is 5.10 Å². The van der Waals surface area contributed by atoms with Crippen LogP contribution in [0, 0.1) is 0 Å². The Morgan fingerprint density at radius 2 is 2.07 bits per heavy atom. The second kappa shape index (κ2) is 10.4. The summed E-state index contributed by atoms with van der Waals surface area (Å²) in [6.45, 7) is 0.334. The monoisotopic (exact) mass is 474 g/mol. The van der Waals surface area contributed by atoms with Crippen LogP contribution in [0.1, 0.15) is 18.4 Å². The fraction of sp³-hybridized carbons (Fsp3) is 0.222. The maximum Gasteiger partial charge on any atom is 0.240 e. The Morgan fingerprint density at radius 3 is 2.78 bits per heavy atom. The van der Waals surface area contributed by atoms with Crippen LogP contribution in [0.2, 0.25) is 10.0 Å². The first-order chi connectivity index (χ1) is 12.9. The predicted octanol–water partition coefficient (Wildman–Crippen LogP) is 4.78. The molecule has 0 atom stereocenters. The summed E-state index contributed by atoms with van der Waals surface area (Å²) in [5.74, 6) is 0.572. The average Bonchev–Trinajstić information content (AvgIpc) is 2.63. The number of ether oxygens (including phenoxy) is 2. The molecule has 0 saturated heterocycles. The molecular weight excluding hydrogens is 459 g/mol. The molecule has 0 fully saturated rings. The number of hydrazone groups is 1. The van der Waals surface area contributed by atoms with Crippen LogP contribution in [0.25, 0.3) is 0 Å². The molecule has 0 radical (unpaired) electrons. The molecule has 0 spiro atoms. The van der Waals surface area contributed by atoms with E-state index in [4.69, 9.17) is 32.7 Å². The number of hydrogen-bond acceptors (Lipinski definition) is 5. The van der Waals surface area contributed by atoms with Gasteiger partial charge in [0.15, 0.2) is 11.5 Å². The molecule has 0 unspecified atom stereocenters. The van der Waals surface area contributed by atoms with Gasteiger partial charge >= 0.3 is 0 Å². The molecule has 2 N–H and O–H groups in total. The predicted molar refractivity (Wildman–Crippen MR) is 109 cm³/mol. The lowest BCUT2D eigenvalue weighted by molar-refractivity contribution is -0.121. The van der Waals surface area contributed by atoms with E-state index in [-0.39, 0.29) is 18.1 Å². The Morgan fingerprint density at radius 1 is 1.30 bits per heavy atom. The van der Waals surface area contributed by atoms with Crippen LogP contribution in [-0.2, 0) is 4.79 Å². The highest BCUT2D eigenvalue weighted by Crippen LogP contribution is 2.34. The van der Waals surface area contributed by atoms with E-state index in [1.807, 2.05) is 0 Å². The maximum absolute atomic E-state index is 11.8. The van der Waals surface area contributed by atoms with Crippen LogP contribution in [0.5, 0.6) is 17.2 Å². The van der Waals surface area contributed by atoms with E-state index in [0.717, 1.165) is 0 Å². The SMILES string of the molecule is COc1cc(/C=N/NC(=O)CCCOc2ccc(Cl)cc2Cl)cc(Br)c1O. The Balaban J connectivity index is 1.76. The van der Waals surface area contributed by atoms with E-state index in [1.54, 1.807) is 30.3 Å². The van der Waals surface area contributed by atoms with Gasteiger partial charge in [-0.1, -0.05) is 23.2 Å².